The highest BCUT2D eigenvalue weighted by atomic mass is 32.1. The molecule has 0 aromatic carbocycles. The first kappa shape index (κ1) is 14.2. The van der Waals surface area contributed by atoms with Gasteiger partial charge in [-0.15, -0.1) is 11.3 Å². The van der Waals surface area contributed by atoms with Gasteiger partial charge in [0.05, 0.1) is 18.3 Å². The number of hydrogen-bond donors (Lipinski definition) is 2. The van der Waals surface area contributed by atoms with Gasteiger partial charge >= 0.3 is 0 Å². The van der Waals surface area contributed by atoms with Gasteiger partial charge in [-0.1, -0.05) is 12.8 Å². The van der Waals surface area contributed by atoms with Crippen molar-refractivity contribution in [1.82, 2.24) is 20.1 Å². The smallest absolute Gasteiger partial charge is 0.271 e. The minimum absolute atomic E-state index is 0.0155. The van der Waals surface area contributed by atoms with E-state index < -0.39 is 5.54 Å². The highest BCUT2D eigenvalue weighted by Gasteiger charge is 2.35. The van der Waals surface area contributed by atoms with Gasteiger partial charge in [-0.3, -0.25) is 9.48 Å². The summed E-state index contributed by atoms with van der Waals surface area (Å²) in [6, 6.07) is 0. The van der Waals surface area contributed by atoms with Crippen molar-refractivity contribution in [3.63, 3.8) is 0 Å². The Morgan fingerprint density at radius 3 is 2.90 bits per heavy atom. The molecule has 0 unspecified atom stereocenters. The summed E-state index contributed by atoms with van der Waals surface area (Å²) in [5.74, 6) is -0.211. The van der Waals surface area contributed by atoms with Gasteiger partial charge in [0.15, 0.2) is 0 Å². The topological polar surface area (TPSA) is 80.0 Å². The fourth-order valence-corrected chi connectivity index (χ4v) is 3.50. The van der Waals surface area contributed by atoms with Crippen LogP contribution in [0.2, 0.25) is 0 Å². The Morgan fingerprint density at radius 2 is 2.29 bits per heavy atom. The highest BCUT2D eigenvalue weighted by molar-refractivity contribution is 7.13. The lowest BCUT2D eigenvalue weighted by atomic mass is 9.99. The van der Waals surface area contributed by atoms with E-state index in [0.717, 1.165) is 36.3 Å². The Kier molecular flexibility index (Phi) is 3.77. The monoisotopic (exact) mass is 306 g/mol. The fourth-order valence-electron chi connectivity index (χ4n) is 2.72. The Balaban J connectivity index is 1.75. The van der Waals surface area contributed by atoms with Crippen molar-refractivity contribution >= 4 is 17.2 Å². The molecule has 0 atom stereocenters. The number of aryl methyl sites for hydroxylation is 1. The van der Waals surface area contributed by atoms with Crippen molar-refractivity contribution in [2.75, 3.05) is 6.61 Å². The molecule has 1 fully saturated rings. The van der Waals surface area contributed by atoms with Crippen LogP contribution in [0.1, 0.15) is 36.2 Å². The van der Waals surface area contributed by atoms with E-state index >= 15 is 0 Å². The second kappa shape index (κ2) is 5.57. The van der Waals surface area contributed by atoms with E-state index in [4.69, 9.17) is 0 Å². The molecule has 112 valence electrons. The Morgan fingerprint density at radius 1 is 1.52 bits per heavy atom. The number of aliphatic hydroxyl groups is 1. The van der Waals surface area contributed by atoms with Crippen LogP contribution in [0, 0.1) is 0 Å². The van der Waals surface area contributed by atoms with E-state index in [1.807, 2.05) is 13.2 Å². The Hall–Kier alpha value is -1.73. The van der Waals surface area contributed by atoms with Crippen molar-refractivity contribution in [1.29, 1.82) is 0 Å². The molecule has 21 heavy (non-hydrogen) atoms. The first-order valence-electron chi connectivity index (χ1n) is 7.00. The van der Waals surface area contributed by atoms with Gasteiger partial charge in [-0.2, -0.15) is 5.10 Å². The summed E-state index contributed by atoms with van der Waals surface area (Å²) >= 11 is 1.42. The number of nitrogens with one attached hydrogen (secondary N) is 1. The van der Waals surface area contributed by atoms with Gasteiger partial charge in [-0.05, 0) is 12.8 Å². The normalized spacial score (nSPS) is 17.0. The van der Waals surface area contributed by atoms with Gasteiger partial charge in [-0.25, -0.2) is 4.98 Å². The van der Waals surface area contributed by atoms with Crippen LogP contribution in [0.4, 0.5) is 0 Å². The van der Waals surface area contributed by atoms with Gasteiger partial charge in [0, 0.05) is 24.2 Å². The first-order valence-corrected chi connectivity index (χ1v) is 7.88. The summed E-state index contributed by atoms with van der Waals surface area (Å²) in [5.41, 5.74) is 0.840. The predicted octanol–water partition coefficient (Wildman–Crippen LogP) is 1.58. The molecule has 0 aliphatic heterocycles. The summed E-state index contributed by atoms with van der Waals surface area (Å²) in [6.07, 6.45) is 7.33. The van der Waals surface area contributed by atoms with Crippen LogP contribution < -0.4 is 5.32 Å². The molecule has 1 amide bonds. The molecule has 7 heteroatoms. The number of aromatic nitrogens is 3. The molecule has 2 heterocycles. The molecule has 6 nitrogen and oxygen atoms in total. The maximum atomic E-state index is 12.3. The molecule has 0 bridgehead atoms. The molecular formula is C14H18N4O2S. The molecular weight excluding hydrogens is 288 g/mol. The van der Waals surface area contributed by atoms with Crippen LogP contribution in [-0.2, 0) is 7.05 Å². The predicted molar refractivity (Wildman–Crippen MR) is 80.1 cm³/mol. The van der Waals surface area contributed by atoms with E-state index in [0.29, 0.717) is 5.69 Å². The summed E-state index contributed by atoms with van der Waals surface area (Å²) in [7, 11) is 1.84. The molecule has 0 saturated heterocycles. The van der Waals surface area contributed by atoms with E-state index in [2.05, 4.69) is 15.4 Å². The summed E-state index contributed by atoms with van der Waals surface area (Å²) in [4.78, 5) is 16.7. The van der Waals surface area contributed by atoms with E-state index in [-0.39, 0.29) is 12.5 Å². The molecule has 0 spiro atoms. The average Bonchev–Trinajstić information content (AvgIpc) is 3.18. The van der Waals surface area contributed by atoms with Crippen LogP contribution in [0.15, 0.2) is 17.8 Å². The molecule has 0 radical (unpaired) electrons. The van der Waals surface area contributed by atoms with Crippen LogP contribution in [0.25, 0.3) is 10.6 Å². The first-order chi connectivity index (χ1) is 10.1. The van der Waals surface area contributed by atoms with Crippen LogP contribution in [0.5, 0.6) is 0 Å². The quantitative estimate of drug-likeness (QED) is 0.898. The van der Waals surface area contributed by atoms with Crippen molar-refractivity contribution < 1.29 is 9.90 Å². The average molecular weight is 306 g/mol. The second-order valence-corrected chi connectivity index (χ2v) is 6.40. The summed E-state index contributed by atoms with van der Waals surface area (Å²) in [5, 5.41) is 19.1. The number of carbonyl (C=O) groups excluding carboxylic acids is 1. The zero-order valence-corrected chi connectivity index (χ0v) is 12.7. The number of thiazole rings is 1. The number of amides is 1. The third kappa shape index (κ3) is 2.84. The lowest BCUT2D eigenvalue weighted by molar-refractivity contribution is 0.0834. The zero-order chi connectivity index (χ0) is 14.9. The molecule has 2 N–H and O–H groups in total. The summed E-state index contributed by atoms with van der Waals surface area (Å²) in [6.45, 7) is -0.0155. The zero-order valence-electron chi connectivity index (χ0n) is 11.9. The molecule has 2 aromatic rings. The Bertz CT molecular complexity index is 643. The minimum atomic E-state index is -0.463. The lowest BCUT2D eigenvalue weighted by Crippen LogP contribution is -2.49. The van der Waals surface area contributed by atoms with Crippen molar-refractivity contribution in [3.05, 3.63) is 23.5 Å². The molecule has 1 aliphatic carbocycles. The second-order valence-electron chi connectivity index (χ2n) is 5.54. The van der Waals surface area contributed by atoms with Crippen molar-refractivity contribution in [2.45, 2.75) is 31.2 Å². The molecule has 1 aliphatic rings. The summed E-state index contributed by atoms with van der Waals surface area (Å²) < 4.78 is 1.70. The van der Waals surface area contributed by atoms with Crippen LogP contribution in [0.3, 0.4) is 0 Å². The van der Waals surface area contributed by atoms with Crippen LogP contribution >= 0.6 is 11.3 Å². The highest BCUT2D eigenvalue weighted by Crippen LogP contribution is 2.30. The third-order valence-corrected chi connectivity index (χ3v) is 4.82. The van der Waals surface area contributed by atoms with E-state index in [1.54, 1.807) is 16.3 Å². The van der Waals surface area contributed by atoms with Crippen molar-refractivity contribution in [2.24, 2.45) is 7.05 Å². The SMILES string of the molecule is Cn1cc(-c2nc(C(=O)NC3(CO)CCCC3)cs2)cn1. The van der Waals surface area contributed by atoms with Gasteiger partial charge in [0.25, 0.3) is 5.91 Å². The molecule has 3 rings (SSSR count). The molecule has 2 aromatic heterocycles. The standard InChI is InChI=1S/C14H18N4O2S/c1-18-7-10(6-15-18)13-16-11(8-21-13)12(20)17-14(9-19)4-2-3-5-14/h6-8,19H,2-5,9H2,1H3,(H,17,20). The van der Waals surface area contributed by atoms with E-state index in [9.17, 15) is 9.90 Å². The number of hydrogen-bond acceptors (Lipinski definition) is 5. The minimum Gasteiger partial charge on any atom is -0.394 e. The van der Waals surface area contributed by atoms with Gasteiger partial charge in [0.1, 0.15) is 10.7 Å². The number of aliphatic hydroxyl groups excluding tert-OH is 1. The Labute approximate surface area is 126 Å². The van der Waals surface area contributed by atoms with Crippen molar-refractivity contribution in [3.8, 4) is 10.6 Å². The maximum absolute atomic E-state index is 12.3. The van der Waals surface area contributed by atoms with Gasteiger partial charge < -0.3 is 10.4 Å². The van der Waals surface area contributed by atoms with Gasteiger partial charge in [0.2, 0.25) is 0 Å². The third-order valence-electron chi connectivity index (χ3n) is 3.93. The van der Waals surface area contributed by atoms with E-state index in [1.165, 1.54) is 11.3 Å². The fraction of sp³-hybridized carbons (Fsp3) is 0.500. The number of carbonyl (C=O) groups is 1. The largest absolute Gasteiger partial charge is 0.394 e. The number of rotatable bonds is 4. The van der Waals surface area contributed by atoms with Crippen LogP contribution in [-0.4, -0.2) is 37.9 Å². The maximum Gasteiger partial charge on any atom is 0.271 e. The molecule has 1 saturated carbocycles. The lowest BCUT2D eigenvalue weighted by Gasteiger charge is -2.27. The number of nitrogens with zero attached hydrogens (tertiary/aromatic N) is 3.